The molecule has 0 amide bonds. The van der Waals surface area contributed by atoms with E-state index in [-0.39, 0.29) is 11.3 Å². The molecule has 256 valence electrons. The number of sulfonamides is 2. The lowest BCUT2D eigenvalue weighted by atomic mass is 9.87. The zero-order chi connectivity index (χ0) is 33.8. The molecule has 0 spiro atoms. The van der Waals surface area contributed by atoms with Crippen LogP contribution in [0.15, 0.2) is 62.2 Å². The van der Waals surface area contributed by atoms with Crippen molar-refractivity contribution >= 4 is 70.7 Å². The number of carboxylic acids is 1. The molecule has 2 aliphatic rings. The lowest BCUT2D eigenvalue weighted by Gasteiger charge is -2.34. The van der Waals surface area contributed by atoms with E-state index in [2.05, 4.69) is 30.5 Å². The molecule has 15 heteroatoms. The lowest BCUT2D eigenvalue weighted by molar-refractivity contribution is -0.137. The number of pyridine rings is 1. The SMILES string of the molecule is Cc1cc(S(=O)(=O)N2CCC(CCCC3CCN(c4ncc(S(=O)(=O)NC(CC(=O)O)c5ccccc5)cc4Br)CC3)CC2)sc1Cl. The highest BCUT2D eigenvalue weighted by Gasteiger charge is 2.31. The summed E-state index contributed by atoms with van der Waals surface area (Å²) in [4.78, 5) is 18.1. The van der Waals surface area contributed by atoms with Crippen LogP contribution in [0.25, 0.3) is 0 Å². The molecule has 1 unspecified atom stereocenters. The van der Waals surface area contributed by atoms with Gasteiger partial charge in [-0.25, -0.2) is 26.5 Å². The third kappa shape index (κ3) is 9.14. The van der Waals surface area contributed by atoms with Crippen LogP contribution in [-0.4, -0.2) is 63.4 Å². The zero-order valence-corrected chi connectivity index (χ0v) is 30.9. The van der Waals surface area contributed by atoms with Gasteiger partial charge in [-0.2, -0.15) is 4.31 Å². The first kappa shape index (κ1) is 36.2. The number of halogens is 2. The topological polar surface area (TPSA) is 137 Å². The van der Waals surface area contributed by atoms with Crippen LogP contribution >= 0.6 is 38.9 Å². The van der Waals surface area contributed by atoms with Gasteiger partial charge in [-0.15, -0.1) is 11.3 Å². The van der Waals surface area contributed by atoms with Gasteiger partial charge >= 0.3 is 5.97 Å². The highest BCUT2D eigenvalue weighted by Crippen LogP contribution is 2.35. The molecule has 1 aromatic carbocycles. The third-order valence-corrected chi connectivity index (χ3v) is 15.1. The van der Waals surface area contributed by atoms with Crippen LogP contribution in [-0.2, 0) is 24.8 Å². The Morgan fingerprint density at radius 3 is 2.21 bits per heavy atom. The Morgan fingerprint density at radius 2 is 1.66 bits per heavy atom. The highest BCUT2D eigenvalue weighted by atomic mass is 79.9. The molecule has 4 heterocycles. The summed E-state index contributed by atoms with van der Waals surface area (Å²) in [5.41, 5.74) is 1.36. The first-order valence-corrected chi connectivity index (χ1v) is 20.7. The van der Waals surface area contributed by atoms with Crippen LogP contribution in [0.1, 0.15) is 68.5 Å². The minimum absolute atomic E-state index is 0.0382. The summed E-state index contributed by atoms with van der Waals surface area (Å²) in [6, 6.07) is 10.9. The van der Waals surface area contributed by atoms with E-state index in [0.29, 0.717) is 49.3 Å². The Kier molecular flexibility index (Phi) is 12.1. The monoisotopic (exact) mass is 786 g/mol. The quantitative estimate of drug-likeness (QED) is 0.192. The van der Waals surface area contributed by atoms with E-state index in [1.165, 1.54) is 12.3 Å². The molecular weight excluding hydrogens is 748 g/mol. The van der Waals surface area contributed by atoms with Crippen LogP contribution < -0.4 is 9.62 Å². The Hall–Kier alpha value is -2.07. The molecule has 0 saturated carbocycles. The maximum absolute atomic E-state index is 13.2. The number of carbonyl (C=O) groups is 1. The molecule has 0 radical (unpaired) electrons. The van der Waals surface area contributed by atoms with E-state index in [9.17, 15) is 26.7 Å². The first-order chi connectivity index (χ1) is 22.3. The predicted octanol–water partition coefficient (Wildman–Crippen LogP) is 6.85. The molecule has 0 aliphatic carbocycles. The van der Waals surface area contributed by atoms with Gasteiger partial charge in [0.05, 0.1) is 21.3 Å². The number of aryl methyl sites for hydroxylation is 1. The smallest absolute Gasteiger partial charge is 0.305 e. The Morgan fingerprint density at radius 1 is 1.04 bits per heavy atom. The Balaban J connectivity index is 1.07. The van der Waals surface area contributed by atoms with Crippen molar-refractivity contribution < 1.29 is 26.7 Å². The number of thiophene rings is 1. The van der Waals surface area contributed by atoms with E-state index < -0.39 is 32.1 Å². The second kappa shape index (κ2) is 15.6. The molecule has 1 atom stereocenters. The molecule has 2 aromatic heterocycles. The van der Waals surface area contributed by atoms with Crippen molar-refractivity contribution in [2.75, 3.05) is 31.1 Å². The van der Waals surface area contributed by atoms with Crippen molar-refractivity contribution in [3.63, 3.8) is 0 Å². The van der Waals surface area contributed by atoms with Crippen molar-refractivity contribution in [3.05, 3.63) is 68.6 Å². The van der Waals surface area contributed by atoms with E-state index in [1.807, 2.05) is 6.92 Å². The number of aliphatic carboxylic acids is 1. The molecule has 2 N–H and O–H groups in total. The lowest BCUT2D eigenvalue weighted by Crippen LogP contribution is -2.38. The molecule has 5 rings (SSSR count). The fraction of sp³-hybridized carbons (Fsp3) is 0.500. The van der Waals surface area contributed by atoms with Crippen LogP contribution in [0, 0.1) is 18.8 Å². The number of aromatic nitrogens is 1. The van der Waals surface area contributed by atoms with Gasteiger partial charge in [0.25, 0.3) is 10.0 Å². The fourth-order valence-corrected chi connectivity index (χ4v) is 11.7. The van der Waals surface area contributed by atoms with E-state index in [1.54, 1.807) is 40.7 Å². The number of rotatable bonds is 13. The number of anilines is 1. The molecule has 2 aliphatic heterocycles. The van der Waals surface area contributed by atoms with Crippen molar-refractivity contribution in [2.24, 2.45) is 11.8 Å². The first-order valence-electron chi connectivity index (χ1n) is 15.8. The molecule has 10 nitrogen and oxygen atoms in total. The average Bonchev–Trinajstić information content (AvgIpc) is 3.40. The van der Waals surface area contributed by atoms with Crippen molar-refractivity contribution in [1.82, 2.24) is 14.0 Å². The van der Waals surface area contributed by atoms with Gasteiger partial charge in [0.1, 0.15) is 14.9 Å². The number of carboxylic acid groups (broad SMARTS) is 1. The van der Waals surface area contributed by atoms with Gasteiger partial charge in [-0.05, 0) is 83.6 Å². The summed E-state index contributed by atoms with van der Waals surface area (Å²) >= 11 is 10.8. The standard InChI is InChI=1S/C32H40BrClN4O6S3/c1-22-18-30(45-31(22)34)47(43,44)38-16-12-24(13-17-38)7-5-6-23-10-14-37(15-11-23)32-27(33)19-26(21-35-32)46(41,42)36-28(20-29(39)40)25-8-3-2-4-9-25/h2-4,8-9,18-19,21,23-24,28,36H,5-7,10-17,20H2,1H3,(H,39,40). The molecular formula is C32H40BrClN4O6S3. The Bertz CT molecular complexity index is 1740. The number of hydrogen-bond acceptors (Lipinski definition) is 8. The number of hydrogen-bond donors (Lipinski definition) is 2. The largest absolute Gasteiger partial charge is 0.481 e. The van der Waals surface area contributed by atoms with Gasteiger partial charge in [0.2, 0.25) is 10.0 Å². The summed E-state index contributed by atoms with van der Waals surface area (Å²) in [6.45, 7) is 4.56. The fourth-order valence-electron chi connectivity index (χ4n) is 6.39. The van der Waals surface area contributed by atoms with Crippen molar-refractivity contribution in [1.29, 1.82) is 0 Å². The van der Waals surface area contributed by atoms with Gasteiger partial charge in [0, 0.05) is 32.4 Å². The summed E-state index contributed by atoms with van der Waals surface area (Å²) in [5.74, 6) is 0.718. The van der Waals surface area contributed by atoms with E-state index >= 15 is 0 Å². The van der Waals surface area contributed by atoms with Gasteiger partial charge in [0.15, 0.2) is 0 Å². The molecule has 2 saturated heterocycles. The van der Waals surface area contributed by atoms with E-state index in [4.69, 9.17) is 11.6 Å². The summed E-state index contributed by atoms with van der Waals surface area (Å²) < 4.78 is 58.0. The maximum Gasteiger partial charge on any atom is 0.305 e. The van der Waals surface area contributed by atoms with E-state index in [0.717, 1.165) is 74.9 Å². The molecule has 3 aromatic rings. The second-order valence-electron chi connectivity index (χ2n) is 12.4. The number of piperidine rings is 2. The summed E-state index contributed by atoms with van der Waals surface area (Å²) in [5, 5.41) is 9.35. The highest BCUT2D eigenvalue weighted by molar-refractivity contribution is 9.10. The van der Waals surface area contributed by atoms with Crippen LogP contribution in [0.3, 0.4) is 0 Å². The van der Waals surface area contributed by atoms with Crippen LogP contribution in [0.2, 0.25) is 4.34 Å². The maximum atomic E-state index is 13.2. The minimum atomic E-state index is -4.04. The normalized spacial score (nSPS) is 18.0. The number of benzene rings is 1. The Labute approximate surface area is 294 Å². The van der Waals surface area contributed by atoms with Crippen molar-refractivity contribution in [3.8, 4) is 0 Å². The molecule has 0 bridgehead atoms. The summed E-state index contributed by atoms with van der Waals surface area (Å²) in [7, 11) is -7.52. The van der Waals surface area contributed by atoms with Gasteiger partial charge in [-0.3, -0.25) is 4.79 Å². The third-order valence-electron chi connectivity index (χ3n) is 9.13. The predicted molar refractivity (Wildman–Crippen MR) is 188 cm³/mol. The van der Waals surface area contributed by atoms with Gasteiger partial charge < -0.3 is 10.0 Å². The van der Waals surface area contributed by atoms with Crippen LogP contribution in [0.5, 0.6) is 0 Å². The minimum Gasteiger partial charge on any atom is -0.481 e. The van der Waals surface area contributed by atoms with Crippen LogP contribution in [0.4, 0.5) is 5.82 Å². The molecule has 47 heavy (non-hydrogen) atoms. The average molecular weight is 788 g/mol. The molecule has 2 fully saturated rings. The van der Waals surface area contributed by atoms with Crippen molar-refractivity contribution in [2.45, 2.75) is 73.4 Å². The zero-order valence-electron chi connectivity index (χ0n) is 26.1. The number of nitrogens with zero attached hydrogens (tertiary/aromatic N) is 3. The second-order valence-corrected chi connectivity index (χ2v) is 18.8. The number of nitrogens with one attached hydrogen (secondary N) is 1. The van der Waals surface area contributed by atoms with Gasteiger partial charge in [-0.1, -0.05) is 61.2 Å². The summed E-state index contributed by atoms with van der Waals surface area (Å²) in [6.07, 6.45) is 8.08.